The van der Waals surface area contributed by atoms with E-state index in [1.807, 2.05) is 11.3 Å². The van der Waals surface area contributed by atoms with Gasteiger partial charge in [-0.1, -0.05) is 20.3 Å². The molecule has 0 aromatic carbocycles. The molecule has 1 heterocycles. The highest BCUT2D eigenvalue weighted by molar-refractivity contribution is 7.12. The van der Waals surface area contributed by atoms with E-state index in [0.717, 1.165) is 32.1 Å². The first kappa shape index (κ1) is 16.0. The van der Waals surface area contributed by atoms with Gasteiger partial charge in [-0.25, -0.2) is 0 Å². The fourth-order valence-corrected chi connectivity index (χ4v) is 3.99. The van der Waals surface area contributed by atoms with Crippen molar-refractivity contribution in [2.45, 2.75) is 58.9 Å². The van der Waals surface area contributed by atoms with Gasteiger partial charge >= 0.3 is 0 Å². The molecule has 0 saturated carbocycles. The van der Waals surface area contributed by atoms with Gasteiger partial charge in [0.2, 0.25) is 0 Å². The topological polar surface area (TPSA) is 24.1 Å². The van der Waals surface area contributed by atoms with Crippen LogP contribution in [0.4, 0.5) is 0 Å². The summed E-state index contributed by atoms with van der Waals surface area (Å²) < 4.78 is 0. The lowest BCUT2D eigenvalue weighted by Gasteiger charge is -2.07. The van der Waals surface area contributed by atoms with Crippen molar-refractivity contribution in [2.24, 2.45) is 5.92 Å². The predicted molar refractivity (Wildman–Crippen MR) is 89.6 cm³/mol. The number of aryl methyl sites for hydroxylation is 2. The van der Waals surface area contributed by atoms with Crippen LogP contribution in [0, 0.1) is 5.92 Å². The van der Waals surface area contributed by atoms with Gasteiger partial charge in [0.25, 0.3) is 0 Å². The molecule has 2 N–H and O–H groups in total. The van der Waals surface area contributed by atoms with Gasteiger partial charge in [-0.05, 0) is 69.3 Å². The van der Waals surface area contributed by atoms with Crippen LogP contribution < -0.4 is 10.6 Å². The third-order valence-corrected chi connectivity index (χ3v) is 5.09. The normalized spacial score (nSPS) is 15.3. The Morgan fingerprint density at radius 3 is 2.75 bits per heavy atom. The van der Waals surface area contributed by atoms with Gasteiger partial charge in [0.1, 0.15) is 0 Å². The Balaban J connectivity index is 1.60. The number of rotatable bonds is 8. The maximum absolute atomic E-state index is 3.58. The lowest BCUT2D eigenvalue weighted by atomic mass is 10.1. The molecule has 3 heteroatoms. The Hall–Kier alpha value is -0.380. The van der Waals surface area contributed by atoms with E-state index in [2.05, 4.69) is 30.5 Å². The summed E-state index contributed by atoms with van der Waals surface area (Å²) in [6.07, 6.45) is 8.04. The molecule has 0 aliphatic heterocycles. The summed E-state index contributed by atoms with van der Waals surface area (Å²) in [4.78, 5) is 3.20. The number of hydrogen-bond acceptors (Lipinski definition) is 3. The van der Waals surface area contributed by atoms with E-state index in [0.29, 0.717) is 0 Å². The standard InChI is InChI=1S/C17H30N2S/c1-14(2)12-18-9-6-10-19-13-16-11-15-7-4-3-5-8-17(15)20-16/h11,14,18-19H,3-10,12-13H2,1-2H3. The molecule has 20 heavy (non-hydrogen) atoms. The first-order valence-corrected chi connectivity index (χ1v) is 9.09. The van der Waals surface area contributed by atoms with Crippen molar-refractivity contribution in [2.75, 3.05) is 19.6 Å². The van der Waals surface area contributed by atoms with Crippen molar-refractivity contribution in [1.82, 2.24) is 10.6 Å². The summed E-state index contributed by atoms with van der Waals surface area (Å²) in [6.45, 7) is 8.96. The second kappa shape index (κ2) is 8.81. The van der Waals surface area contributed by atoms with Gasteiger partial charge in [0.15, 0.2) is 0 Å². The van der Waals surface area contributed by atoms with E-state index < -0.39 is 0 Å². The van der Waals surface area contributed by atoms with E-state index in [1.165, 1.54) is 43.4 Å². The number of thiophene rings is 1. The van der Waals surface area contributed by atoms with Gasteiger partial charge in [-0.15, -0.1) is 11.3 Å². The molecular weight excluding hydrogens is 264 g/mol. The average Bonchev–Trinajstić information content (AvgIpc) is 2.67. The summed E-state index contributed by atoms with van der Waals surface area (Å²) in [5.41, 5.74) is 1.64. The predicted octanol–water partition coefficient (Wildman–Crippen LogP) is 3.74. The van der Waals surface area contributed by atoms with Crippen LogP contribution in [0.25, 0.3) is 0 Å². The molecule has 0 atom stereocenters. The minimum absolute atomic E-state index is 0.754. The highest BCUT2D eigenvalue weighted by Crippen LogP contribution is 2.28. The zero-order valence-electron chi connectivity index (χ0n) is 13.1. The summed E-state index contributed by atoms with van der Waals surface area (Å²) >= 11 is 2.04. The van der Waals surface area contributed by atoms with Crippen LogP contribution in [0.2, 0.25) is 0 Å². The summed E-state index contributed by atoms with van der Waals surface area (Å²) in [5.74, 6) is 0.754. The molecule has 0 spiro atoms. The third-order valence-electron chi connectivity index (χ3n) is 3.86. The highest BCUT2D eigenvalue weighted by atomic mass is 32.1. The number of hydrogen-bond donors (Lipinski definition) is 2. The molecule has 0 radical (unpaired) electrons. The summed E-state index contributed by atoms with van der Waals surface area (Å²) in [5, 5.41) is 7.08. The molecule has 0 amide bonds. The van der Waals surface area contributed by atoms with E-state index in [9.17, 15) is 0 Å². The van der Waals surface area contributed by atoms with E-state index in [-0.39, 0.29) is 0 Å². The fourth-order valence-electron chi connectivity index (χ4n) is 2.76. The van der Waals surface area contributed by atoms with Crippen LogP contribution in [-0.4, -0.2) is 19.6 Å². The first-order valence-electron chi connectivity index (χ1n) is 8.27. The second-order valence-corrected chi connectivity index (χ2v) is 7.57. The Morgan fingerprint density at radius 2 is 1.90 bits per heavy atom. The van der Waals surface area contributed by atoms with E-state index >= 15 is 0 Å². The quantitative estimate of drug-likeness (QED) is 0.564. The Morgan fingerprint density at radius 1 is 1.10 bits per heavy atom. The molecule has 114 valence electrons. The molecule has 0 unspecified atom stereocenters. The van der Waals surface area contributed by atoms with Crippen LogP contribution in [0.15, 0.2) is 6.07 Å². The molecule has 0 bridgehead atoms. The van der Waals surface area contributed by atoms with Gasteiger partial charge < -0.3 is 10.6 Å². The zero-order valence-corrected chi connectivity index (χ0v) is 14.0. The largest absolute Gasteiger partial charge is 0.316 e. The van der Waals surface area contributed by atoms with Crippen LogP contribution in [0.5, 0.6) is 0 Å². The zero-order chi connectivity index (χ0) is 14.2. The molecule has 2 nitrogen and oxygen atoms in total. The summed E-state index contributed by atoms with van der Waals surface area (Å²) in [6, 6.07) is 2.45. The van der Waals surface area contributed by atoms with Crippen molar-refractivity contribution < 1.29 is 0 Å². The smallest absolute Gasteiger partial charge is 0.0299 e. The maximum Gasteiger partial charge on any atom is 0.0299 e. The number of nitrogens with one attached hydrogen (secondary N) is 2. The summed E-state index contributed by atoms with van der Waals surface area (Å²) in [7, 11) is 0. The molecule has 1 aliphatic carbocycles. The van der Waals surface area contributed by atoms with Crippen molar-refractivity contribution in [1.29, 1.82) is 0 Å². The Kier molecular flexibility index (Phi) is 7.05. The van der Waals surface area contributed by atoms with Crippen molar-refractivity contribution in [3.63, 3.8) is 0 Å². The van der Waals surface area contributed by atoms with Crippen LogP contribution in [0.3, 0.4) is 0 Å². The van der Waals surface area contributed by atoms with Crippen molar-refractivity contribution in [3.8, 4) is 0 Å². The van der Waals surface area contributed by atoms with E-state index in [4.69, 9.17) is 0 Å². The molecular formula is C17H30N2S. The van der Waals surface area contributed by atoms with Gasteiger partial charge in [0.05, 0.1) is 0 Å². The van der Waals surface area contributed by atoms with Crippen LogP contribution in [0.1, 0.15) is 54.8 Å². The minimum atomic E-state index is 0.754. The Bertz CT molecular complexity index is 361. The number of fused-ring (bicyclic) bond motifs is 1. The monoisotopic (exact) mass is 294 g/mol. The maximum atomic E-state index is 3.58. The molecule has 1 aliphatic rings. The molecule has 1 aromatic rings. The first-order chi connectivity index (χ1) is 9.75. The van der Waals surface area contributed by atoms with Gasteiger partial charge in [0, 0.05) is 16.3 Å². The molecule has 0 fully saturated rings. The molecule has 0 saturated heterocycles. The third kappa shape index (κ3) is 5.55. The lowest BCUT2D eigenvalue weighted by molar-refractivity contribution is 0.531. The molecule has 1 aromatic heterocycles. The van der Waals surface area contributed by atoms with E-state index in [1.54, 1.807) is 10.4 Å². The molecule has 2 rings (SSSR count). The highest BCUT2D eigenvalue weighted by Gasteiger charge is 2.11. The minimum Gasteiger partial charge on any atom is -0.316 e. The fraction of sp³-hybridized carbons (Fsp3) is 0.765. The van der Waals surface area contributed by atoms with Gasteiger partial charge in [-0.2, -0.15) is 0 Å². The Labute approximate surface area is 128 Å². The SMILES string of the molecule is CC(C)CNCCCNCc1cc2c(s1)CCCCC2. The van der Waals surface area contributed by atoms with Crippen molar-refractivity contribution >= 4 is 11.3 Å². The van der Waals surface area contributed by atoms with Crippen molar-refractivity contribution in [3.05, 3.63) is 21.4 Å². The second-order valence-electron chi connectivity index (χ2n) is 6.35. The van der Waals surface area contributed by atoms with Crippen LogP contribution in [-0.2, 0) is 19.4 Å². The van der Waals surface area contributed by atoms with Crippen LogP contribution >= 0.6 is 11.3 Å². The lowest BCUT2D eigenvalue weighted by Crippen LogP contribution is -2.24. The average molecular weight is 295 g/mol. The van der Waals surface area contributed by atoms with Gasteiger partial charge in [-0.3, -0.25) is 0 Å².